The quantitative estimate of drug-likeness (QED) is 0.813. The van der Waals surface area contributed by atoms with E-state index in [1.54, 1.807) is 11.8 Å². The van der Waals surface area contributed by atoms with Crippen molar-refractivity contribution in [3.05, 3.63) is 0 Å². The highest BCUT2D eigenvalue weighted by Gasteiger charge is 2.24. The summed E-state index contributed by atoms with van der Waals surface area (Å²) in [5.74, 6) is 0.458. The topological polar surface area (TPSA) is 41.1 Å². The first kappa shape index (κ1) is 16.1. The predicted octanol–water partition coefficient (Wildman–Crippen LogP) is 1.66. The van der Waals surface area contributed by atoms with Crippen LogP contribution in [-0.2, 0) is 4.79 Å². The van der Waals surface area contributed by atoms with Crippen molar-refractivity contribution >= 4 is 30.1 Å². The van der Waals surface area contributed by atoms with Crippen LogP contribution in [0.15, 0.2) is 0 Å². The molecular formula is C11H23ClN2OS. The van der Waals surface area contributed by atoms with Crippen molar-refractivity contribution in [2.45, 2.75) is 38.0 Å². The van der Waals surface area contributed by atoms with E-state index in [0.29, 0.717) is 11.3 Å². The Hall–Kier alpha value is 0.0700. The average molecular weight is 267 g/mol. The van der Waals surface area contributed by atoms with Crippen molar-refractivity contribution in [2.75, 3.05) is 19.3 Å². The molecule has 1 heterocycles. The van der Waals surface area contributed by atoms with E-state index in [0.717, 1.165) is 25.9 Å². The number of hydrogen-bond acceptors (Lipinski definition) is 3. The van der Waals surface area contributed by atoms with Gasteiger partial charge in [0.05, 0.1) is 0 Å². The summed E-state index contributed by atoms with van der Waals surface area (Å²) in [5.41, 5.74) is 0. The van der Waals surface area contributed by atoms with Crippen LogP contribution < -0.4 is 10.6 Å². The summed E-state index contributed by atoms with van der Waals surface area (Å²) in [4.78, 5) is 11.8. The third kappa shape index (κ3) is 5.41. The lowest BCUT2D eigenvalue weighted by atomic mass is 9.92. The van der Waals surface area contributed by atoms with Crippen LogP contribution in [0.3, 0.4) is 0 Å². The van der Waals surface area contributed by atoms with Gasteiger partial charge in [-0.25, -0.2) is 0 Å². The van der Waals surface area contributed by atoms with Crippen molar-refractivity contribution in [3.8, 4) is 0 Å². The van der Waals surface area contributed by atoms with Gasteiger partial charge in [0.1, 0.15) is 0 Å². The van der Waals surface area contributed by atoms with E-state index in [2.05, 4.69) is 30.7 Å². The molecule has 0 aliphatic carbocycles. The summed E-state index contributed by atoms with van der Waals surface area (Å²) >= 11 is 1.79. The highest BCUT2D eigenvalue weighted by atomic mass is 35.5. The molecule has 1 rings (SSSR count). The first-order chi connectivity index (χ1) is 7.13. The van der Waals surface area contributed by atoms with Crippen LogP contribution in [0.1, 0.15) is 26.7 Å². The fourth-order valence-electron chi connectivity index (χ4n) is 1.84. The second-order valence-electron chi connectivity index (χ2n) is 4.37. The predicted molar refractivity (Wildman–Crippen MR) is 73.4 cm³/mol. The Morgan fingerprint density at radius 2 is 2.31 bits per heavy atom. The Bertz CT molecular complexity index is 216. The SMILES string of the molecule is CSC(C)CNC(=O)[C@H]1CCN[C@@H](C)C1.Cl. The highest BCUT2D eigenvalue weighted by Crippen LogP contribution is 2.16. The molecule has 3 atom stereocenters. The summed E-state index contributed by atoms with van der Waals surface area (Å²) in [6.07, 6.45) is 4.02. The van der Waals surface area contributed by atoms with Crippen molar-refractivity contribution in [1.29, 1.82) is 0 Å². The Morgan fingerprint density at radius 1 is 1.62 bits per heavy atom. The maximum Gasteiger partial charge on any atom is 0.223 e. The minimum atomic E-state index is 0. The number of rotatable bonds is 4. The zero-order chi connectivity index (χ0) is 11.3. The maximum absolute atomic E-state index is 11.8. The van der Waals surface area contributed by atoms with Gasteiger partial charge in [0, 0.05) is 23.8 Å². The zero-order valence-corrected chi connectivity index (χ0v) is 11.9. The first-order valence-electron chi connectivity index (χ1n) is 5.67. The molecular weight excluding hydrogens is 244 g/mol. The van der Waals surface area contributed by atoms with Gasteiger partial charge in [0.15, 0.2) is 0 Å². The third-order valence-corrected chi connectivity index (χ3v) is 3.93. The molecule has 0 radical (unpaired) electrons. The lowest BCUT2D eigenvalue weighted by Crippen LogP contribution is -2.43. The summed E-state index contributed by atoms with van der Waals surface area (Å²) in [5, 5.41) is 6.90. The zero-order valence-electron chi connectivity index (χ0n) is 10.3. The van der Waals surface area contributed by atoms with Crippen molar-refractivity contribution in [2.24, 2.45) is 5.92 Å². The van der Waals surface area contributed by atoms with Gasteiger partial charge in [-0.15, -0.1) is 12.4 Å². The van der Waals surface area contributed by atoms with Gasteiger partial charge < -0.3 is 10.6 Å². The normalized spacial score (nSPS) is 26.7. The van der Waals surface area contributed by atoms with Crippen molar-refractivity contribution < 1.29 is 4.79 Å². The number of carbonyl (C=O) groups excluding carboxylic acids is 1. The van der Waals surface area contributed by atoms with Crippen LogP contribution in [0.4, 0.5) is 0 Å². The molecule has 2 N–H and O–H groups in total. The number of hydrogen-bond donors (Lipinski definition) is 2. The van der Waals surface area contributed by atoms with Crippen LogP contribution in [0, 0.1) is 5.92 Å². The van der Waals surface area contributed by atoms with Gasteiger partial charge in [0.2, 0.25) is 5.91 Å². The summed E-state index contributed by atoms with van der Waals surface area (Å²) in [7, 11) is 0. The summed E-state index contributed by atoms with van der Waals surface area (Å²) in [6.45, 7) is 6.04. The summed E-state index contributed by atoms with van der Waals surface area (Å²) in [6, 6.07) is 0.479. The van der Waals surface area contributed by atoms with Crippen LogP contribution in [0.25, 0.3) is 0 Å². The molecule has 3 nitrogen and oxygen atoms in total. The van der Waals surface area contributed by atoms with Crippen LogP contribution in [0.5, 0.6) is 0 Å². The number of amides is 1. The summed E-state index contributed by atoms with van der Waals surface area (Å²) < 4.78 is 0. The minimum Gasteiger partial charge on any atom is -0.355 e. The van der Waals surface area contributed by atoms with E-state index in [-0.39, 0.29) is 24.2 Å². The molecule has 1 saturated heterocycles. The lowest BCUT2D eigenvalue weighted by molar-refractivity contribution is -0.126. The van der Waals surface area contributed by atoms with Crippen molar-refractivity contribution in [1.82, 2.24) is 10.6 Å². The molecule has 16 heavy (non-hydrogen) atoms. The van der Waals surface area contributed by atoms with Gasteiger partial charge in [-0.2, -0.15) is 11.8 Å². The molecule has 1 fully saturated rings. The minimum absolute atomic E-state index is 0. The number of thioether (sulfide) groups is 1. The molecule has 0 aromatic heterocycles. The molecule has 96 valence electrons. The molecule has 0 saturated carbocycles. The maximum atomic E-state index is 11.8. The second kappa shape index (κ2) is 8.20. The molecule has 1 unspecified atom stereocenters. The van der Waals surface area contributed by atoms with Gasteiger partial charge in [-0.1, -0.05) is 6.92 Å². The molecule has 5 heteroatoms. The second-order valence-corrected chi connectivity index (χ2v) is 5.64. The highest BCUT2D eigenvalue weighted by molar-refractivity contribution is 7.99. The van der Waals surface area contributed by atoms with Crippen molar-refractivity contribution in [3.63, 3.8) is 0 Å². The number of carbonyl (C=O) groups is 1. The molecule has 0 spiro atoms. The Kier molecular flexibility index (Phi) is 8.24. The van der Waals surface area contributed by atoms with E-state index in [4.69, 9.17) is 0 Å². The van der Waals surface area contributed by atoms with Gasteiger partial charge in [-0.05, 0) is 32.6 Å². The molecule has 1 aliphatic heterocycles. The van der Waals surface area contributed by atoms with Crippen LogP contribution in [-0.4, -0.2) is 36.5 Å². The van der Waals surface area contributed by atoms with E-state index in [1.807, 2.05) is 0 Å². The smallest absolute Gasteiger partial charge is 0.223 e. The van der Waals surface area contributed by atoms with Gasteiger partial charge >= 0.3 is 0 Å². The monoisotopic (exact) mass is 266 g/mol. The van der Waals surface area contributed by atoms with Crippen LogP contribution in [0.2, 0.25) is 0 Å². The Balaban J connectivity index is 0.00000225. The van der Waals surface area contributed by atoms with E-state index >= 15 is 0 Å². The average Bonchev–Trinajstić information content (AvgIpc) is 2.25. The third-order valence-electron chi connectivity index (χ3n) is 2.96. The Morgan fingerprint density at radius 3 is 2.88 bits per heavy atom. The Labute approximate surface area is 109 Å². The number of halogens is 1. The first-order valence-corrected chi connectivity index (χ1v) is 6.96. The van der Waals surface area contributed by atoms with E-state index in [9.17, 15) is 4.79 Å². The fourth-order valence-corrected chi connectivity index (χ4v) is 2.09. The molecule has 0 aromatic carbocycles. The van der Waals surface area contributed by atoms with Gasteiger partial charge in [0.25, 0.3) is 0 Å². The number of nitrogens with one attached hydrogen (secondary N) is 2. The number of piperidine rings is 1. The lowest BCUT2D eigenvalue weighted by Gasteiger charge is -2.27. The molecule has 1 amide bonds. The van der Waals surface area contributed by atoms with Gasteiger partial charge in [-0.3, -0.25) is 4.79 Å². The van der Waals surface area contributed by atoms with E-state index < -0.39 is 0 Å². The fraction of sp³-hybridized carbons (Fsp3) is 0.909. The largest absolute Gasteiger partial charge is 0.355 e. The van der Waals surface area contributed by atoms with Crippen LogP contribution >= 0.6 is 24.2 Å². The standard InChI is InChI=1S/C11H22N2OS.ClH/c1-8-6-10(4-5-12-8)11(14)13-7-9(2)15-3;/h8-10,12H,4-7H2,1-3H3,(H,13,14);1H/t8-,9?,10-;/m0./s1. The molecule has 1 aliphatic rings. The molecule has 0 bridgehead atoms. The molecule has 0 aromatic rings. The van der Waals surface area contributed by atoms with E-state index in [1.165, 1.54) is 0 Å².